The number of piperazine rings is 1. The lowest BCUT2D eigenvalue weighted by Gasteiger charge is -2.35. The molecule has 0 spiro atoms. The zero-order chi connectivity index (χ0) is 21.2. The molecule has 1 fully saturated rings. The number of para-hydroxylation sites is 2. The minimum Gasteiger partial charge on any atom is -0.495 e. The molecule has 1 aliphatic heterocycles. The number of carbonyl (C=O) groups is 1. The molecular weight excluding hydrogens is 526 g/mol. The van der Waals surface area contributed by atoms with E-state index in [0.717, 1.165) is 10.2 Å². The van der Waals surface area contributed by atoms with Gasteiger partial charge in [-0.25, -0.2) is 8.42 Å². The van der Waals surface area contributed by atoms with Crippen LogP contribution in [-0.4, -0.2) is 58.2 Å². The van der Waals surface area contributed by atoms with Crippen LogP contribution in [-0.2, 0) is 10.0 Å². The molecule has 1 amide bonds. The number of rotatable bonds is 5. The van der Waals surface area contributed by atoms with Gasteiger partial charge in [0.2, 0.25) is 10.0 Å². The third kappa shape index (κ3) is 5.11. The summed E-state index contributed by atoms with van der Waals surface area (Å²) in [7, 11) is -1.68. The second kappa shape index (κ2) is 9.03. The van der Waals surface area contributed by atoms with E-state index in [-0.39, 0.29) is 5.91 Å². The quantitative estimate of drug-likeness (QED) is 0.620. The van der Waals surface area contributed by atoms with Crippen molar-refractivity contribution in [1.82, 2.24) is 4.31 Å². The Morgan fingerprint density at radius 1 is 1.10 bits per heavy atom. The standard InChI is InChI=1S/C19H21Br2N3O4S/c1-28-18-14(11-13(20)12-15(18)21)19(25)22-16-5-3-4-6-17(16)23-7-9-24(10-8-23)29(2,26)27/h3-6,11-12H,7-10H2,1-2H3,(H,22,25). The second-order valence-corrected chi connectivity index (χ2v) is 10.3. The third-order valence-corrected chi connectivity index (χ3v) is 7.01. The number of nitrogens with zero attached hydrogens (tertiary/aromatic N) is 2. The molecule has 0 aromatic heterocycles. The number of sulfonamides is 1. The number of anilines is 2. The molecule has 1 N–H and O–H groups in total. The highest BCUT2D eigenvalue weighted by molar-refractivity contribution is 9.11. The van der Waals surface area contributed by atoms with Gasteiger partial charge in [0.15, 0.2) is 0 Å². The van der Waals surface area contributed by atoms with Gasteiger partial charge in [-0.15, -0.1) is 0 Å². The number of amides is 1. The molecule has 7 nitrogen and oxygen atoms in total. The van der Waals surface area contributed by atoms with Crippen LogP contribution >= 0.6 is 31.9 Å². The lowest BCUT2D eigenvalue weighted by Crippen LogP contribution is -2.48. The van der Waals surface area contributed by atoms with Crippen LogP contribution in [0.25, 0.3) is 0 Å². The highest BCUT2D eigenvalue weighted by atomic mass is 79.9. The molecule has 0 saturated carbocycles. The first-order chi connectivity index (χ1) is 13.7. The molecule has 3 rings (SSSR count). The molecule has 1 heterocycles. The van der Waals surface area contributed by atoms with E-state index < -0.39 is 10.0 Å². The summed E-state index contributed by atoms with van der Waals surface area (Å²) in [5.74, 6) is 0.149. The van der Waals surface area contributed by atoms with Gasteiger partial charge < -0.3 is 15.0 Å². The van der Waals surface area contributed by atoms with Gasteiger partial charge in [-0.2, -0.15) is 4.31 Å². The lowest BCUT2D eigenvalue weighted by atomic mass is 10.1. The minimum absolute atomic E-state index is 0.300. The van der Waals surface area contributed by atoms with E-state index in [1.54, 1.807) is 6.07 Å². The van der Waals surface area contributed by atoms with Crippen LogP contribution in [0.15, 0.2) is 45.3 Å². The van der Waals surface area contributed by atoms with Crippen molar-refractivity contribution in [2.24, 2.45) is 0 Å². The first-order valence-electron chi connectivity index (χ1n) is 8.84. The van der Waals surface area contributed by atoms with Crippen molar-refractivity contribution in [3.05, 3.63) is 50.9 Å². The van der Waals surface area contributed by atoms with Crippen molar-refractivity contribution in [1.29, 1.82) is 0 Å². The van der Waals surface area contributed by atoms with Gasteiger partial charge in [0.25, 0.3) is 5.91 Å². The highest BCUT2D eigenvalue weighted by Crippen LogP contribution is 2.34. The Morgan fingerprint density at radius 2 is 1.76 bits per heavy atom. The number of methoxy groups -OCH3 is 1. The largest absolute Gasteiger partial charge is 0.495 e. The molecule has 0 unspecified atom stereocenters. The molecule has 29 heavy (non-hydrogen) atoms. The summed E-state index contributed by atoms with van der Waals surface area (Å²) < 4.78 is 31.8. The van der Waals surface area contributed by atoms with Gasteiger partial charge in [0.05, 0.1) is 34.8 Å². The van der Waals surface area contributed by atoms with Gasteiger partial charge in [-0.05, 0) is 40.2 Å². The summed E-state index contributed by atoms with van der Waals surface area (Å²) in [4.78, 5) is 15.1. The molecule has 10 heteroatoms. The summed E-state index contributed by atoms with van der Waals surface area (Å²) in [5, 5.41) is 2.96. The molecule has 0 aliphatic carbocycles. The van der Waals surface area contributed by atoms with Crippen molar-refractivity contribution in [2.45, 2.75) is 0 Å². The molecule has 0 radical (unpaired) electrons. The van der Waals surface area contributed by atoms with E-state index in [1.807, 2.05) is 30.3 Å². The third-order valence-electron chi connectivity index (χ3n) is 4.66. The van der Waals surface area contributed by atoms with Crippen LogP contribution in [0.1, 0.15) is 10.4 Å². The number of hydrogen-bond acceptors (Lipinski definition) is 5. The predicted molar refractivity (Wildman–Crippen MR) is 121 cm³/mol. The summed E-state index contributed by atoms with van der Waals surface area (Å²) >= 11 is 6.81. The highest BCUT2D eigenvalue weighted by Gasteiger charge is 2.25. The maximum atomic E-state index is 13.0. The van der Waals surface area contributed by atoms with Crippen LogP contribution in [0.3, 0.4) is 0 Å². The average molecular weight is 547 g/mol. The molecule has 1 aliphatic rings. The average Bonchev–Trinajstić information content (AvgIpc) is 2.67. The molecule has 156 valence electrons. The maximum absolute atomic E-state index is 13.0. The lowest BCUT2D eigenvalue weighted by molar-refractivity contribution is 0.102. The Morgan fingerprint density at radius 3 is 2.38 bits per heavy atom. The zero-order valence-corrected chi connectivity index (χ0v) is 20.0. The summed E-state index contributed by atoms with van der Waals surface area (Å²) in [6, 6.07) is 11.0. The van der Waals surface area contributed by atoms with E-state index in [9.17, 15) is 13.2 Å². The van der Waals surface area contributed by atoms with Crippen LogP contribution < -0.4 is 15.0 Å². The fourth-order valence-corrected chi connectivity index (χ4v) is 5.46. The van der Waals surface area contributed by atoms with Gasteiger partial charge in [0, 0.05) is 30.7 Å². The molecule has 1 saturated heterocycles. The Labute approximate surface area is 187 Å². The van der Waals surface area contributed by atoms with Crippen molar-refractivity contribution < 1.29 is 17.9 Å². The number of benzene rings is 2. The molecule has 0 atom stereocenters. The number of nitrogens with one attached hydrogen (secondary N) is 1. The molecule has 2 aromatic rings. The summed E-state index contributed by atoms with van der Waals surface area (Å²) in [5.41, 5.74) is 1.90. The molecular formula is C19H21Br2N3O4S. The maximum Gasteiger partial charge on any atom is 0.259 e. The van der Waals surface area contributed by atoms with E-state index in [4.69, 9.17) is 4.74 Å². The number of hydrogen-bond donors (Lipinski definition) is 1. The molecule has 0 bridgehead atoms. The van der Waals surface area contributed by atoms with Gasteiger partial charge in [-0.3, -0.25) is 4.79 Å². The van der Waals surface area contributed by atoms with E-state index in [1.165, 1.54) is 17.7 Å². The topological polar surface area (TPSA) is 79.0 Å². The monoisotopic (exact) mass is 545 g/mol. The molecule has 2 aromatic carbocycles. The Bertz CT molecular complexity index is 1020. The number of halogens is 2. The van der Waals surface area contributed by atoms with Crippen molar-refractivity contribution in [3.63, 3.8) is 0 Å². The summed E-state index contributed by atoms with van der Waals surface area (Å²) in [6.45, 7) is 1.92. The van der Waals surface area contributed by atoms with E-state index in [2.05, 4.69) is 42.1 Å². The van der Waals surface area contributed by atoms with Crippen molar-refractivity contribution >= 4 is 59.2 Å². The number of ether oxygens (including phenoxy) is 1. The Kier molecular flexibility index (Phi) is 6.87. The normalized spacial score (nSPS) is 15.2. The second-order valence-electron chi connectivity index (χ2n) is 6.59. The van der Waals surface area contributed by atoms with Crippen molar-refractivity contribution in [2.75, 3.05) is 49.8 Å². The summed E-state index contributed by atoms with van der Waals surface area (Å²) in [6.07, 6.45) is 1.22. The van der Waals surface area contributed by atoms with Crippen LogP contribution in [0.5, 0.6) is 5.75 Å². The fourth-order valence-electron chi connectivity index (χ4n) is 3.24. The van der Waals surface area contributed by atoms with E-state index in [0.29, 0.717) is 47.7 Å². The van der Waals surface area contributed by atoms with Gasteiger partial charge >= 0.3 is 0 Å². The zero-order valence-electron chi connectivity index (χ0n) is 16.0. The van der Waals surface area contributed by atoms with Crippen LogP contribution in [0.2, 0.25) is 0 Å². The van der Waals surface area contributed by atoms with Crippen molar-refractivity contribution in [3.8, 4) is 5.75 Å². The van der Waals surface area contributed by atoms with Gasteiger partial charge in [0.1, 0.15) is 5.75 Å². The smallest absolute Gasteiger partial charge is 0.259 e. The predicted octanol–water partition coefficient (Wildman–Crippen LogP) is 3.55. The first kappa shape index (κ1) is 22.1. The Hall–Kier alpha value is -1.62. The Balaban J connectivity index is 1.83. The SMILES string of the molecule is COc1c(Br)cc(Br)cc1C(=O)Nc1ccccc1N1CCN(S(C)(=O)=O)CC1. The van der Waals surface area contributed by atoms with Crippen LogP contribution in [0.4, 0.5) is 11.4 Å². The van der Waals surface area contributed by atoms with E-state index >= 15 is 0 Å². The first-order valence-corrected chi connectivity index (χ1v) is 12.3. The number of carbonyl (C=O) groups excluding carboxylic acids is 1. The van der Waals surface area contributed by atoms with Gasteiger partial charge in [-0.1, -0.05) is 28.1 Å². The fraction of sp³-hybridized carbons (Fsp3) is 0.316. The van der Waals surface area contributed by atoms with Crippen LogP contribution in [0, 0.1) is 0 Å². The minimum atomic E-state index is -3.20.